The molecule has 0 atom stereocenters. The molecule has 6 heteroatoms. The number of methoxy groups -OCH3 is 2. The molecular formula is C17H17Cl2NO3. The summed E-state index contributed by atoms with van der Waals surface area (Å²) in [6, 6.07) is 8.68. The van der Waals surface area contributed by atoms with Gasteiger partial charge in [-0.2, -0.15) is 0 Å². The number of aryl methyl sites for hydroxylation is 1. The highest BCUT2D eigenvalue weighted by molar-refractivity contribution is 6.36. The van der Waals surface area contributed by atoms with E-state index < -0.39 is 0 Å². The SMILES string of the molecule is COc1cc(C)c(NC(=O)Cc2c(Cl)cccc2Cl)cc1OC. The Morgan fingerprint density at radius 2 is 1.65 bits per heavy atom. The van der Waals surface area contributed by atoms with Crippen LogP contribution < -0.4 is 14.8 Å². The molecule has 0 aliphatic heterocycles. The van der Waals surface area contributed by atoms with E-state index in [-0.39, 0.29) is 12.3 Å². The van der Waals surface area contributed by atoms with Crippen LogP contribution in [0, 0.1) is 6.92 Å². The summed E-state index contributed by atoms with van der Waals surface area (Å²) in [6.45, 7) is 1.88. The van der Waals surface area contributed by atoms with Gasteiger partial charge in [-0.05, 0) is 36.2 Å². The highest BCUT2D eigenvalue weighted by atomic mass is 35.5. The monoisotopic (exact) mass is 353 g/mol. The van der Waals surface area contributed by atoms with Crippen molar-refractivity contribution in [1.29, 1.82) is 0 Å². The smallest absolute Gasteiger partial charge is 0.228 e. The van der Waals surface area contributed by atoms with Gasteiger partial charge in [0.15, 0.2) is 11.5 Å². The lowest BCUT2D eigenvalue weighted by atomic mass is 10.1. The molecular weight excluding hydrogens is 337 g/mol. The van der Waals surface area contributed by atoms with E-state index >= 15 is 0 Å². The van der Waals surface area contributed by atoms with E-state index in [1.165, 1.54) is 0 Å². The lowest BCUT2D eigenvalue weighted by molar-refractivity contribution is -0.115. The second-order valence-corrected chi connectivity index (χ2v) is 5.76. The molecule has 1 amide bonds. The van der Waals surface area contributed by atoms with E-state index in [0.717, 1.165) is 5.56 Å². The van der Waals surface area contributed by atoms with Crippen molar-refractivity contribution in [3.05, 3.63) is 51.5 Å². The van der Waals surface area contributed by atoms with Gasteiger partial charge >= 0.3 is 0 Å². The van der Waals surface area contributed by atoms with E-state index in [1.54, 1.807) is 44.6 Å². The highest BCUT2D eigenvalue weighted by Gasteiger charge is 2.14. The quantitative estimate of drug-likeness (QED) is 0.860. The van der Waals surface area contributed by atoms with Crippen molar-refractivity contribution in [3.63, 3.8) is 0 Å². The highest BCUT2D eigenvalue weighted by Crippen LogP contribution is 2.33. The zero-order valence-corrected chi connectivity index (χ0v) is 14.6. The first-order chi connectivity index (χ1) is 11.0. The van der Waals surface area contributed by atoms with Crippen molar-refractivity contribution in [2.24, 2.45) is 0 Å². The van der Waals surface area contributed by atoms with Crippen molar-refractivity contribution in [3.8, 4) is 11.5 Å². The van der Waals surface area contributed by atoms with Crippen molar-refractivity contribution in [2.75, 3.05) is 19.5 Å². The lowest BCUT2D eigenvalue weighted by Gasteiger charge is -2.14. The number of hydrogen-bond donors (Lipinski definition) is 1. The van der Waals surface area contributed by atoms with Gasteiger partial charge in [0.05, 0.1) is 20.6 Å². The summed E-state index contributed by atoms with van der Waals surface area (Å²) in [7, 11) is 3.11. The van der Waals surface area contributed by atoms with Crippen LogP contribution in [-0.2, 0) is 11.2 Å². The molecule has 0 aliphatic rings. The number of halogens is 2. The third kappa shape index (κ3) is 4.09. The van der Waals surface area contributed by atoms with Gasteiger partial charge in [-0.15, -0.1) is 0 Å². The summed E-state index contributed by atoms with van der Waals surface area (Å²) in [6.07, 6.45) is 0.0896. The molecule has 2 rings (SSSR count). The van der Waals surface area contributed by atoms with Crippen LogP contribution in [0.15, 0.2) is 30.3 Å². The maximum Gasteiger partial charge on any atom is 0.228 e. The first kappa shape index (κ1) is 17.4. The molecule has 0 bridgehead atoms. The molecule has 2 aromatic carbocycles. The standard InChI is InChI=1S/C17H17Cl2NO3/c1-10-7-15(22-2)16(23-3)9-14(10)20-17(21)8-11-12(18)5-4-6-13(11)19/h4-7,9H,8H2,1-3H3,(H,20,21). The number of amides is 1. The molecule has 2 aromatic rings. The predicted octanol–water partition coefficient (Wildman–Crippen LogP) is 4.50. The number of carbonyl (C=O) groups excluding carboxylic acids is 1. The van der Waals surface area contributed by atoms with E-state index in [9.17, 15) is 4.79 Å². The van der Waals surface area contributed by atoms with Crippen LogP contribution in [0.2, 0.25) is 10.0 Å². The average Bonchev–Trinajstić information content (AvgIpc) is 2.52. The largest absolute Gasteiger partial charge is 0.493 e. The summed E-state index contributed by atoms with van der Waals surface area (Å²) < 4.78 is 10.5. The third-order valence-corrected chi connectivity index (χ3v) is 4.11. The van der Waals surface area contributed by atoms with Crippen molar-refractivity contribution in [2.45, 2.75) is 13.3 Å². The number of carbonyl (C=O) groups is 1. The number of nitrogens with one attached hydrogen (secondary N) is 1. The molecule has 0 radical (unpaired) electrons. The van der Waals surface area contributed by atoms with Gasteiger partial charge < -0.3 is 14.8 Å². The first-order valence-electron chi connectivity index (χ1n) is 6.91. The van der Waals surface area contributed by atoms with Crippen LogP contribution in [0.5, 0.6) is 11.5 Å². The van der Waals surface area contributed by atoms with Crippen LogP contribution in [0.3, 0.4) is 0 Å². The summed E-state index contributed by atoms with van der Waals surface area (Å²) in [5.41, 5.74) is 2.11. The van der Waals surface area contributed by atoms with Crippen LogP contribution in [-0.4, -0.2) is 20.1 Å². The van der Waals surface area contributed by atoms with Gasteiger partial charge in [0.1, 0.15) is 0 Å². The molecule has 0 fully saturated rings. The predicted molar refractivity (Wildman–Crippen MR) is 93.1 cm³/mol. The summed E-state index contributed by atoms with van der Waals surface area (Å²) in [4.78, 5) is 12.3. The fourth-order valence-corrected chi connectivity index (χ4v) is 2.70. The summed E-state index contributed by atoms with van der Waals surface area (Å²) >= 11 is 12.2. The molecule has 1 N–H and O–H groups in total. The minimum atomic E-state index is -0.213. The maximum atomic E-state index is 12.3. The maximum absolute atomic E-state index is 12.3. The van der Waals surface area contributed by atoms with Crippen molar-refractivity contribution < 1.29 is 14.3 Å². The molecule has 0 aliphatic carbocycles. The lowest BCUT2D eigenvalue weighted by Crippen LogP contribution is -2.16. The third-order valence-electron chi connectivity index (χ3n) is 3.40. The summed E-state index contributed by atoms with van der Waals surface area (Å²) in [5, 5.41) is 3.79. The average molecular weight is 354 g/mol. The number of benzene rings is 2. The molecule has 0 saturated heterocycles. The number of rotatable bonds is 5. The van der Waals surface area contributed by atoms with Crippen LogP contribution in [0.1, 0.15) is 11.1 Å². The second kappa shape index (κ2) is 7.57. The number of anilines is 1. The van der Waals surface area contributed by atoms with E-state index in [0.29, 0.717) is 32.8 Å². The molecule has 122 valence electrons. The number of hydrogen-bond acceptors (Lipinski definition) is 3. The van der Waals surface area contributed by atoms with Crippen LogP contribution in [0.4, 0.5) is 5.69 Å². The normalized spacial score (nSPS) is 10.3. The molecule has 23 heavy (non-hydrogen) atoms. The Labute approximate surface area is 145 Å². The fourth-order valence-electron chi connectivity index (χ4n) is 2.17. The molecule has 0 aromatic heterocycles. The molecule has 0 heterocycles. The Bertz CT molecular complexity index is 712. The Balaban J connectivity index is 2.20. The van der Waals surface area contributed by atoms with Gasteiger partial charge in [-0.25, -0.2) is 0 Å². The molecule has 0 spiro atoms. The molecule has 0 saturated carbocycles. The number of ether oxygens (including phenoxy) is 2. The van der Waals surface area contributed by atoms with Gasteiger partial charge in [0.2, 0.25) is 5.91 Å². The Morgan fingerprint density at radius 1 is 1.09 bits per heavy atom. The van der Waals surface area contributed by atoms with E-state index in [4.69, 9.17) is 32.7 Å². The van der Waals surface area contributed by atoms with Gasteiger partial charge in [0.25, 0.3) is 0 Å². The van der Waals surface area contributed by atoms with E-state index in [1.807, 2.05) is 6.92 Å². The first-order valence-corrected chi connectivity index (χ1v) is 7.67. The Morgan fingerprint density at radius 3 is 2.22 bits per heavy atom. The topological polar surface area (TPSA) is 47.6 Å². The van der Waals surface area contributed by atoms with Crippen LogP contribution in [0.25, 0.3) is 0 Å². The van der Waals surface area contributed by atoms with Gasteiger partial charge in [-0.3, -0.25) is 4.79 Å². The minimum Gasteiger partial charge on any atom is -0.493 e. The summed E-state index contributed by atoms with van der Waals surface area (Å²) in [5.74, 6) is 0.941. The molecule has 0 unspecified atom stereocenters. The zero-order chi connectivity index (χ0) is 17.0. The van der Waals surface area contributed by atoms with Gasteiger partial charge in [-0.1, -0.05) is 29.3 Å². The van der Waals surface area contributed by atoms with Crippen molar-refractivity contribution in [1.82, 2.24) is 0 Å². The zero-order valence-electron chi connectivity index (χ0n) is 13.1. The van der Waals surface area contributed by atoms with Gasteiger partial charge in [0, 0.05) is 21.8 Å². The second-order valence-electron chi connectivity index (χ2n) is 4.95. The fraction of sp³-hybridized carbons (Fsp3) is 0.235. The Kier molecular flexibility index (Phi) is 5.74. The molecule has 4 nitrogen and oxygen atoms in total. The van der Waals surface area contributed by atoms with Crippen molar-refractivity contribution >= 4 is 34.8 Å². The minimum absolute atomic E-state index is 0.0896. The van der Waals surface area contributed by atoms with Crippen LogP contribution >= 0.6 is 23.2 Å². The Hall–Kier alpha value is -1.91. The van der Waals surface area contributed by atoms with E-state index in [2.05, 4.69) is 5.32 Å².